The quantitative estimate of drug-likeness (QED) is 0.440. The summed E-state index contributed by atoms with van der Waals surface area (Å²) >= 11 is 3.38. The van der Waals surface area contributed by atoms with Crippen molar-refractivity contribution in [1.29, 1.82) is 0 Å². The van der Waals surface area contributed by atoms with Crippen molar-refractivity contribution < 1.29 is 14.6 Å². The third kappa shape index (κ3) is 4.09. The largest absolute Gasteiger partial charge is 0.504 e. The highest BCUT2D eigenvalue weighted by Gasteiger charge is 2.10. The van der Waals surface area contributed by atoms with Gasteiger partial charge in [0.15, 0.2) is 11.5 Å². The zero-order chi connectivity index (χ0) is 18.5. The molecule has 0 spiro atoms. The molecule has 0 aliphatic carbocycles. The maximum absolute atomic E-state index is 12.1. The molecule has 2 aromatic carbocycles. The third-order valence-electron chi connectivity index (χ3n) is 3.55. The number of halogens is 1. The lowest BCUT2D eigenvalue weighted by atomic mass is 10.1. The molecule has 0 radical (unpaired) electrons. The summed E-state index contributed by atoms with van der Waals surface area (Å²) in [6.07, 6.45) is 1.45. The Morgan fingerprint density at radius 2 is 2.04 bits per heavy atom. The predicted octanol–water partition coefficient (Wildman–Crippen LogP) is 3.32. The van der Waals surface area contributed by atoms with E-state index in [1.807, 2.05) is 24.3 Å². The molecular formula is C18H15BrN4O3. The maximum atomic E-state index is 12.1. The highest BCUT2D eigenvalue weighted by molar-refractivity contribution is 9.10. The van der Waals surface area contributed by atoms with Crippen LogP contribution in [0.4, 0.5) is 0 Å². The summed E-state index contributed by atoms with van der Waals surface area (Å²) in [7, 11) is 1.46. The van der Waals surface area contributed by atoms with Gasteiger partial charge in [0.05, 0.1) is 19.0 Å². The van der Waals surface area contributed by atoms with E-state index in [-0.39, 0.29) is 5.75 Å². The molecule has 0 bridgehead atoms. The van der Waals surface area contributed by atoms with Crippen molar-refractivity contribution in [3.8, 4) is 22.8 Å². The van der Waals surface area contributed by atoms with Gasteiger partial charge in [0.2, 0.25) is 0 Å². The summed E-state index contributed by atoms with van der Waals surface area (Å²) in [4.78, 5) is 12.1. The molecule has 1 amide bonds. The van der Waals surface area contributed by atoms with Crippen LogP contribution in [0.1, 0.15) is 16.1 Å². The molecule has 0 fully saturated rings. The molecular weight excluding hydrogens is 400 g/mol. The van der Waals surface area contributed by atoms with Gasteiger partial charge >= 0.3 is 0 Å². The van der Waals surface area contributed by atoms with Gasteiger partial charge in [-0.15, -0.1) is 0 Å². The number of benzene rings is 2. The maximum Gasteiger partial charge on any atom is 0.289 e. The number of nitrogens with zero attached hydrogens (tertiary/aromatic N) is 2. The van der Waals surface area contributed by atoms with Crippen LogP contribution in [0.25, 0.3) is 11.3 Å². The number of H-pyrrole nitrogens is 1. The molecule has 0 aliphatic heterocycles. The van der Waals surface area contributed by atoms with Crippen LogP contribution < -0.4 is 10.2 Å². The monoisotopic (exact) mass is 414 g/mol. The first-order valence-electron chi connectivity index (χ1n) is 7.58. The predicted molar refractivity (Wildman–Crippen MR) is 101 cm³/mol. The van der Waals surface area contributed by atoms with Crippen molar-refractivity contribution in [1.82, 2.24) is 15.6 Å². The molecule has 0 saturated heterocycles. The minimum absolute atomic E-state index is 0.0339. The number of phenolic OH excluding ortho intramolecular Hbond substituents is 1. The van der Waals surface area contributed by atoms with Crippen LogP contribution in [0.15, 0.2) is 58.1 Å². The van der Waals surface area contributed by atoms with Crippen molar-refractivity contribution in [2.24, 2.45) is 5.10 Å². The van der Waals surface area contributed by atoms with Crippen LogP contribution in [-0.4, -0.2) is 34.5 Å². The molecule has 1 heterocycles. The van der Waals surface area contributed by atoms with Crippen LogP contribution in [0, 0.1) is 0 Å². The van der Waals surface area contributed by atoms with E-state index in [9.17, 15) is 9.90 Å². The fraction of sp³-hybridized carbons (Fsp3) is 0.0556. The standard InChI is InChI=1S/C18H15BrN4O3/c1-26-17-8-11(2-7-16(17)24)10-20-23-18(25)15-9-14(21-22-15)12-3-5-13(19)6-4-12/h2-10,24H,1H3,(H,21,22)(H,23,25). The summed E-state index contributed by atoms with van der Waals surface area (Å²) in [5.41, 5.74) is 4.94. The summed E-state index contributed by atoms with van der Waals surface area (Å²) in [5.74, 6) is -0.0533. The zero-order valence-electron chi connectivity index (χ0n) is 13.7. The number of nitrogens with one attached hydrogen (secondary N) is 2. The Labute approximate surface area is 157 Å². The van der Waals surface area contributed by atoms with Crippen LogP contribution in [0.3, 0.4) is 0 Å². The number of carbonyl (C=O) groups excluding carboxylic acids is 1. The number of amides is 1. The van der Waals surface area contributed by atoms with Crippen LogP contribution in [0.2, 0.25) is 0 Å². The average Bonchev–Trinajstić information content (AvgIpc) is 3.14. The number of ether oxygens (including phenoxy) is 1. The van der Waals surface area contributed by atoms with E-state index in [2.05, 4.69) is 36.7 Å². The summed E-state index contributed by atoms with van der Waals surface area (Å²) in [6, 6.07) is 14.0. The van der Waals surface area contributed by atoms with Gasteiger partial charge in [0, 0.05) is 10.0 Å². The molecule has 3 rings (SSSR count). The van der Waals surface area contributed by atoms with Gasteiger partial charge in [-0.1, -0.05) is 28.1 Å². The molecule has 0 unspecified atom stereocenters. The SMILES string of the molecule is COc1cc(C=NNC(=O)c2cc(-c3ccc(Br)cc3)n[nH]2)ccc1O. The van der Waals surface area contributed by atoms with E-state index in [0.717, 1.165) is 10.0 Å². The first kappa shape index (κ1) is 17.7. The molecule has 1 aromatic heterocycles. The Hall–Kier alpha value is -3.13. The molecule has 3 N–H and O–H groups in total. The van der Waals surface area contributed by atoms with Gasteiger partial charge in [0.1, 0.15) is 5.69 Å². The second-order valence-corrected chi connectivity index (χ2v) is 6.22. The lowest BCUT2D eigenvalue weighted by Crippen LogP contribution is -2.18. The number of aromatic hydroxyl groups is 1. The van der Waals surface area contributed by atoms with Gasteiger partial charge in [-0.3, -0.25) is 9.89 Å². The van der Waals surface area contributed by atoms with Crippen molar-refractivity contribution in [3.63, 3.8) is 0 Å². The Kier molecular flexibility index (Phi) is 5.33. The van der Waals surface area contributed by atoms with E-state index < -0.39 is 5.91 Å². The number of rotatable bonds is 5. The number of hydrogen-bond acceptors (Lipinski definition) is 5. The third-order valence-corrected chi connectivity index (χ3v) is 4.07. The van der Waals surface area contributed by atoms with E-state index in [1.165, 1.54) is 19.4 Å². The summed E-state index contributed by atoms with van der Waals surface area (Å²) < 4.78 is 5.99. The van der Waals surface area contributed by atoms with Crippen LogP contribution in [-0.2, 0) is 0 Å². The van der Waals surface area contributed by atoms with Crippen molar-refractivity contribution >= 4 is 28.1 Å². The number of aromatic nitrogens is 2. The lowest BCUT2D eigenvalue weighted by Gasteiger charge is -2.03. The average molecular weight is 415 g/mol. The fourth-order valence-electron chi connectivity index (χ4n) is 2.21. The highest BCUT2D eigenvalue weighted by Crippen LogP contribution is 2.25. The number of phenols is 1. The topological polar surface area (TPSA) is 99.6 Å². The van der Waals surface area contributed by atoms with Crippen molar-refractivity contribution in [2.75, 3.05) is 7.11 Å². The van der Waals surface area contributed by atoms with Gasteiger partial charge in [0.25, 0.3) is 5.91 Å². The minimum Gasteiger partial charge on any atom is -0.504 e. The Bertz CT molecular complexity index is 951. The molecule has 26 heavy (non-hydrogen) atoms. The van der Waals surface area contributed by atoms with E-state index in [1.54, 1.807) is 18.2 Å². The molecule has 8 heteroatoms. The number of aromatic amines is 1. The molecule has 7 nitrogen and oxygen atoms in total. The summed E-state index contributed by atoms with van der Waals surface area (Å²) in [6.45, 7) is 0. The highest BCUT2D eigenvalue weighted by atomic mass is 79.9. The van der Waals surface area contributed by atoms with E-state index in [4.69, 9.17) is 4.74 Å². The molecule has 0 atom stereocenters. The van der Waals surface area contributed by atoms with Gasteiger partial charge in [-0.2, -0.15) is 10.2 Å². The number of methoxy groups -OCH3 is 1. The van der Waals surface area contributed by atoms with Gasteiger partial charge in [-0.05, 0) is 42.0 Å². The Morgan fingerprint density at radius 3 is 2.77 bits per heavy atom. The number of carbonyl (C=O) groups is 1. The van der Waals surface area contributed by atoms with Crippen LogP contribution in [0.5, 0.6) is 11.5 Å². The smallest absolute Gasteiger partial charge is 0.289 e. The van der Waals surface area contributed by atoms with Crippen molar-refractivity contribution in [2.45, 2.75) is 0 Å². The van der Waals surface area contributed by atoms with Gasteiger partial charge < -0.3 is 9.84 Å². The first-order valence-corrected chi connectivity index (χ1v) is 8.38. The normalized spacial score (nSPS) is 10.8. The first-order chi connectivity index (χ1) is 12.6. The Morgan fingerprint density at radius 1 is 1.27 bits per heavy atom. The minimum atomic E-state index is -0.414. The number of hydrogen-bond donors (Lipinski definition) is 3. The lowest BCUT2D eigenvalue weighted by molar-refractivity contribution is 0.0950. The van der Waals surface area contributed by atoms with E-state index >= 15 is 0 Å². The molecule has 0 aliphatic rings. The number of hydrazone groups is 1. The molecule has 3 aromatic rings. The van der Waals surface area contributed by atoms with Gasteiger partial charge in [-0.25, -0.2) is 5.43 Å². The molecule has 0 saturated carbocycles. The van der Waals surface area contributed by atoms with Crippen LogP contribution >= 0.6 is 15.9 Å². The molecule has 132 valence electrons. The summed E-state index contributed by atoms with van der Waals surface area (Å²) in [5, 5.41) is 20.3. The zero-order valence-corrected chi connectivity index (χ0v) is 15.3. The van der Waals surface area contributed by atoms with E-state index in [0.29, 0.717) is 22.7 Å². The Balaban J connectivity index is 1.66. The second kappa shape index (κ2) is 7.83. The van der Waals surface area contributed by atoms with Crippen molar-refractivity contribution in [3.05, 3.63) is 64.3 Å². The second-order valence-electron chi connectivity index (χ2n) is 5.30. The fourth-order valence-corrected chi connectivity index (χ4v) is 2.47.